The summed E-state index contributed by atoms with van der Waals surface area (Å²) in [5.41, 5.74) is 1.38. The Morgan fingerprint density at radius 3 is 2.72 bits per heavy atom. The molecule has 0 radical (unpaired) electrons. The van der Waals surface area contributed by atoms with Gasteiger partial charge in [-0.2, -0.15) is 0 Å². The second-order valence-corrected chi connectivity index (χ2v) is 5.22. The lowest BCUT2D eigenvalue weighted by Gasteiger charge is -2.20. The van der Waals surface area contributed by atoms with Crippen LogP contribution < -0.4 is 10.1 Å². The highest BCUT2D eigenvalue weighted by Crippen LogP contribution is 2.13. The molecule has 1 atom stereocenters. The van der Waals surface area contributed by atoms with Gasteiger partial charge in [-0.25, -0.2) is 0 Å². The van der Waals surface area contributed by atoms with Crippen molar-refractivity contribution in [2.45, 2.75) is 12.8 Å². The van der Waals surface area contributed by atoms with Gasteiger partial charge in [-0.05, 0) is 56.6 Å². The minimum Gasteiger partial charge on any atom is -0.497 e. The largest absolute Gasteiger partial charge is 0.497 e. The fourth-order valence-corrected chi connectivity index (χ4v) is 2.51. The van der Waals surface area contributed by atoms with Crippen molar-refractivity contribution in [1.29, 1.82) is 0 Å². The molecule has 0 amide bonds. The van der Waals surface area contributed by atoms with E-state index in [0.29, 0.717) is 0 Å². The molecule has 0 saturated carbocycles. The highest BCUT2D eigenvalue weighted by Gasteiger charge is 2.15. The van der Waals surface area contributed by atoms with Crippen LogP contribution in [-0.2, 0) is 6.42 Å². The van der Waals surface area contributed by atoms with E-state index in [1.807, 2.05) is 12.1 Å². The normalized spacial score (nSPS) is 19.4. The van der Waals surface area contributed by atoms with Crippen LogP contribution >= 0.6 is 0 Å². The molecule has 2 rings (SSSR count). The number of ether oxygens (including phenoxy) is 1. The van der Waals surface area contributed by atoms with Crippen molar-refractivity contribution < 1.29 is 4.74 Å². The molecule has 1 saturated heterocycles. The number of likely N-dealkylation sites (N-methyl/N-ethyl adjacent to an activating group) is 1. The van der Waals surface area contributed by atoms with Crippen molar-refractivity contribution in [1.82, 2.24) is 10.2 Å². The van der Waals surface area contributed by atoms with Crippen LogP contribution in [0, 0.1) is 5.92 Å². The number of hydrogen-bond acceptors (Lipinski definition) is 3. The van der Waals surface area contributed by atoms with Crippen molar-refractivity contribution in [3.63, 3.8) is 0 Å². The molecule has 1 fully saturated rings. The predicted molar refractivity (Wildman–Crippen MR) is 75.2 cm³/mol. The lowest BCUT2D eigenvalue weighted by molar-refractivity contribution is 0.288. The van der Waals surface area contributed by atoms with Gasteiger partial charge in [-0.15, -0.1) is 0 Å². The molecule has 1 aliphatic rings. The number of methoxy groups -OCH3 is 1. The fourth-order valence-electron chi connectivity index (χ4n) is 2.51. The van der Waals surface area contributed by atoms with Gasteiger partial charge >= 0.3 is 0 Å². The van der Waals surface area contributed by atoms with Gasteiger partial charge in [0.2, 0.25) is 0 Å². The van der Waals surface area contributed by atoms with Gasteiger partial charge in [-0.1, -0.05) is 12.1 Å². The summed E-state index contributed by atoms with van der Waals surface area (Å²) >= 11 is 0. The van der Waals surface area contributed by atoms with Crippen molar-refractivity contribution in [3.8, 4) is 5.75 Å². The Hall–Kier alpha value is -1.06. The van der Waals surface area contributed by atoms with E-state index in [-0.39, 0.29) is 0 Å². The van der Waals surface area contributed by atoms with E-state index in [1.54, 1.807) is 7.11 Å². The van der Waals surface area contributed by atoms with E-state index < -0.39 is 0 Å². The first kappa shape index (κ1) is 13.4. The number of nitrogens with zero attached hydrogens (tertiary/aromatic N) is 1. The zero-order valence-electron chi connectivity index (χ0n) is 11.5. The highest BCUT2D eigenvalue weighted by molar-refractivity contribution is 5.27. The summed E-state index contributed by atoms with van der Waals surface area (Å²) in [6.07, 6.45) is 2.44. The van der Waals surface area contributed by atoms with E-state index in [4.69, 9.17) is 4.74 Å². The van der Waals surface area contributed by atoms with Crippen molar-refractivity contribution in [2.75, 3.05) is 40.3 Å². The van der Waals surface area contributed by atoms with E-state index in [1.165, 1.54) is 31.6 Å². The molecule has 0 aliphatic carbocycles. The van der Waals surface area contributed by atoms with E-state index >= 15 is 0 Å². The maximum atomic E-state index is 5.17. The summed E-state index contributed by atoms with van der Waals surface area (Å²) in [4.78, 5) is 2.45. The summed E-state index contributed by atoms with van der Waals surface area (Å²) in [5, 5.41) is 3.42. The molecule has 100 valence electrons. The third kappa shape index (κ3) is 4.00. The zero-order valence-corrected chi connectivity index (χ0v) is 11.5. The van der Waals surface area contributed by atoms with Gasteiger partial charge in [0, 0.05) is 13.1 Å². The summed E-state index contributed by atoms with van der Waals surface area (Å²) < 4.78 is 5.17. The van der Waals surface area contributed by atoms with Crippen LogP contribution in [0.4, 0.5) is 0 Å². The highest BCUT2D eigenvalue weighted by atomic mass is 16.5. The number of hydrogen-bond donors (Lipinski definition) is 1. The van der Waals surface area contributed by atoms with Crippen LogP contribution in [0.3, 0.4) is 0 Å². The van der Waals surface area contributed by atoms with Crippen molar-refractivity contribution in [3.05, 3.63) is 29.8 Å². The fraction of sp³-hybridized carbons (Fsp3) is 0.600. The van der Waals surface area contributed by atoms with Gasteiger partial charge in [0.1, 0.15) is 5.75 Å². The molecule has 18 heavy (non-hydrogen) atoms. The Kier molecular flexibility index (Phi) is 5.02. The number of nitrogens with one attached hydrogen (secondary N) is 1. The van der Waals surface area contributed by atoms with Crippen molar-refractivity contribution in [2.24, 2.45) is 5.92 Å². The zero-order chi connectivity index (χ0) is 12.8. The molecule has 1 N–H and O–H groups in total. The first-order valence-electron chi connectivity index (χ1n) is 6.80. The third-order valence-electron chi connectivity index (χ3n) is 3.67. The Bertz CT molecular complexity index is 344. The molecule has 1 aliphatic heterocycles. The van der Waals surface area contributed by atoms with Gasteiger partial charge < -0.3 is 15.0 Å². The Morgan fingerprint density at radius 2 is 2.11 bits per heavy atom. The maximum Gasteiger partial charge on any atom is 0.118 e. The summed E-state index contributed by atoms with van der Waals surface area (Å²) in [6, 6.07) is 8.39. The molecular weight excluding hydrogens is 224 g/mol. The molecule has 1 aromatic carbocycles. The van der Waals surface area contributed by atoms with Crippen LogP contribution in [-0.4, -0.2) is 45.2 Å². The number of benzene rings is 1. The third-order valence-corrected chi connectivity index (χ3v) is 3.67. The Morgan fingerprint density at radius 1 is 1.33 bits per heavy atom. The molecule has 3 nitrogen and oxygen atoms in total. The van der Waals surface area contributed by atoms with Crippen LogP contribution in [0.2, 0.25) is 0 Å². The van der Waals surface area contributed by atoms with Crippen LogP contribution in [0.25, 0.3) is 0 Å². The van der Waals surface area contributed by atoms with Gasteiger partial charge in [-0.3, -0.25) is 0 Å². The van der Waals surface area contributed by atoms with Gasteiger partial charge in [0.15, 0.2) is 0 Å². The Labute approximate surface area is 110 Å². The SMILES string of the molecule is COc1ccc(CCN(C)CC2CCNC2)cc1. The molecule has 0 spiro atoms. The van der Waals surface area contributed by atoms with Crippen LogP contribution in [0.5, 0.6) is 5.75 Å². The summed E-state index contributed by atoms with van der Waals surface area (Å²) in [5.74, 6) is 1.77. The minimum atomic E-state index is 0.839. The molecular formula is C15H24N2O. The van der Waals surface area contributed by atoms with Crippen LogP contribution in [0.1, 0.15) is 12.0 Å². The maximum absolute atomic E-state index is 5.17. The van der Waals surface area contributed by atoms with Crippen LogP contribution in [0.15, 0.2) is 24.3 Å². The molecule has 0 aromatic heterocycles. The smallest absolute Gasteiger partial charge is 0.118 e. The second-order valence-electron chi connectivity index (χ2n) is 5.22. The first-order chi connectivity index (χ1) is 8.78. The van der Waals surface area contributed by atoms with E-state index in [2.05, 4.69) is 29.4 Å². The van der Waals surface area contributed by atoms with Crippen molar-refractivity contribution >= 4 is 0 Å². The molecule has 1 heterocycles. The average Bonchev–Trinajstić information content (AvgIpc) is 2.90. The lowest BCUT2D eigenvalue weighted by atomic mass is 10.1. The van der Waals surface area contributed by atoms with Gasteiger partial charge in [0.25, 0.3) is 0 Å². The Balaban J connectivity index is 1.72. The summed E-state index contributed by atoms with van der Waals surface area (Å²) in [7, 11) is 3.93. The molecule has 3 heteroatoms. The molecule has 0 bridgehead atoms. The number of rotatable bonds is 6. The second kappa shape index (κ2) is 6.76. The first-order valence-corrected chi connectivity index (χ1v) is 6.80. The predicted octanol–water partition coefficient (Wildman–Crippen LogP) is 1.78. The lowest BCUT2D eigenvalue weighted by Crippen LogP contribution is -2.28. The standard InChI is InChI=1S/C15H24N2O/c1-17(12-14-7-9-16-11-14)10-8-13-3-5-15(18-2)6-4-13/h3-6,14,16H,7-12H2,1-2H3. The molecule has 1 unspecified atom stereocenters. The summed E-state index contributed by atoms with van der Waals surface area (Å²) in [6.45, 7) is 4.72. The van der Waals surface area contributed by atoms with Gasteiger partial charge in [0.05, 0.1) is 7.11 Å². The monoisotopic (exact) mass is 248 g/mol. The average molecular weight is 248 g/mol. The molecule has 1 aromatic rings. The minimum absolute atomic E-state index is 0.839. The van der Waals surface area contributed by atoms with E-state index in [0.717, 1.165) is 24.6 Å². The van der Waals surface area contributed by atoms with E-state index in [9.17, 15) is 0 Å². The quantitative estimate of drug-likeness (QED) is 0.830. The topological polar surface area (TPSA) is 24.5 Å².